The Morgan fingerprint density at radius 3 is 2.38 bits per heavy atom. The van der Waals surface area contributed by atoms with Crippen LogP contribution < -0.4 is 10.5 Å². The van der Waals surface area contributed by atoms with E-state index in [-0.39, 0.29) is 6.10 Å². The summed E-state index contributed by atoms with van der Waals surface area (Å²) < 4.78 is 11.2. The van der Waals surface area contributed by atoms with Crippen LogP contribution in [0, 0.1) is 0 Å². The van der Waals surface area contributed by atoms with Crippen molar-refractivity contribution in [1.82, 2.24) is 4.90 Å². The highest BCUT2D eigenvalue weighted by Gasteiger charge is 2.01. The molecule has 0 unspecified atom stereocenters. The number of nitrogens with two attached hydrogens (primary N) is 1. The van der Waals surface area contributed by atoms with Gasteiger partial charge in [-0.15, -0.1) is 0 Å². The van der Waals surface area contributed by atoms with E-state index >= 15 is 0 Å². The normalized spacial score (nSPS) is 11.1. The van der Waals surface area contributed by atoms with E-state index in [0.717, 1.165) is 31.0 Å². The molecule has 0 aliphatic carbocycles. The Morgan fingerprint density at radius 2 is 1.81 bits per heavy atom. The van der Waals surface area contributed by atoms with Crippen molar-refractivity contribution in [2.45, 2.75) is 26.4 Å². The van der Waals surface area contributed by atoms with Crippen molar-refractivity contribution >= 4 is 17.2 Å². The second-order valence-electron chi connectivity index (χ2n) is 5.36. The van der Waals surface area contributed by atoms with E-state index in [0.29, 0.717) is 18.0 Å². The lowest BCUT2D eigenvalue weighted by Gasteiger charge is -2.18. The average Bonchev–Trinajstić information content (AvgIpc) is 2.39. The minimum absolute atomic E-state index is 0.287. The van der Waals surface area contributed by atoms with Crippen molar-refractivity contribution < 1.29 is 9.47 Å². The van der Waals surface area contributed by atoms with Crippen molar-refractivity contribution in [3.05, 3.63) is 29.8 Å². The zero-order chi connectivity index (χ0) is 15.7. The minimum atomic E-state index is 0.287. The molecule has 118 valence electrons. The van der Waals surface area contributed by atoms with Crippen LogP contribution in [0.4, 0.5) is 0 Å². The summed E-state index contributed by atoms with van der Waals surface area (Å²) in [5, 5.41) is 0. The summed E-state index contributed by atoms with van der Waals surface area (Å²) in [5.41, 5.74) is 6.63. The Bertz CT molecular complexity index is 421. The molecule has 0 aliphatic heterocycles. The highest BCUT2D eigenvalue weighted by Crippen LogP contribution is 2.12. The van der Waals surface area contributed by atoms with Gasteiger partial charge in [-0.25, -0.2) is 0 Å². The molecule has 5 heteroatoms. The number of thiocarbonyl (C=S) groups is 1. The Balaban J connectivity index is 2.21. The molecule has 0 bridgehead atoms. The van der Waals surface area contributed by atoms with Crippen LogP contribution in [-0.4, -0.2) is 49.3 Å². The second-order valence-corrected chi connectivity index (χ2v) is 5.88. The maximum atomic E-state index is 5.72. The molecule has 0 radical (unpaired) electrons. The number of ether oxygens (including phenoxy) is 2. The van der Waals surface area contributed by atoms with E-state index in [1.807, 2.05) is 38.1 Å². The van der Waals surface area contributed by atoms with Crippen molar-refractivity contribution in [2.75, 3.05) is 33.4 Å². The smallest absolute Gasteiger partial charge is 0.119 e. The van der Waals surface area contributed by atoms with Gasteiger partial charge in [0.15, 0.2) is 0 Å². The molecular formula is C16H26N2O2S. The lowest BCUT2D eigenvalue weighted by atomic mass is 10.1. The van der Waals surface area contributed by atoms with E-state index in [4.69, 9.17) is 27.4 Å². The summed E-state index contributed by atoms with van der Waals surface area (Å²) in [4.78, 5) is 2.71. The predicted molar refractivity (Wildman–Crippen MR) is 91.0 cm³/mol. The largest absolute Gasteiger partial charge is 0.492 e. The number of rotatable bonds is 10. The van der Waals surface area contributed by atoms with Crippen LogP contribution >= 0.6 is 12.2 Å². The van der Waals surface area contributed by atoms with E-state index in [2.05, 4.69) is 11.9 Å². The van der Waals surface area contributed by atoms with Crippen LogP contribution in [-0.2, 0) is 11.2 Å². The molecule has 0 fully saturated rings. The Kier molecular flexibility index (Phi) is 8.27. The number of hydrogen-bond acceptors (Lipinski definition) is 4. The molecule has 1 aromatic carbocycles. The summed E-state index contributed by atoms with van der Waals surface area (Å²) >= 11 is 4.89. The van der Waals surface area contributed by atoms with Crippen LogP contribution in [0.1, 0.15) is 19.4 Å². The van der Waals surface area contributed by atoms with Crippen LogP contribution in [0.5, 0.6) is 5.75 Å². The quantitative estimate of drug-likeness (QED) is 0.672. The monoisotopic (exact) mass is 310 g/mol. The zero-order valence-corrected chi connectivity index (χ0v) is 14.0. The number of likely N-dealkylation sites (N-methyl/N-ethyl adjacent to an activating group) is 1. The van der Waals surface area contributed by atoms with E-state index in [9.17, 15) is 0 Å². The molecule has 4 nitrogen and oxygen atoms in total. The first-order valence-electron chi connectivity index (χ1n) is 7.27. The first kappa shape index (κ1) is 17.9. The molecule has 0 spiro atoms. The molecular weight excluding hydrogens is 284 g/mol. The van der Waals surface area contributed by atoms with Crippen molar-refractivity contribution in [3.8, 4) is 5.75 Å². The standard InChI is InChI=1S/C16H26N2O2S/c1-13(2)19-10-8-18(3)9-11-20-15-6-4-14(5-7-15)12-16(17)21/h4-7,13H,8-12H2,1-3H3,(H2,17,21). The van der Waals surface area contributed by atoms with Crippen LogP contribution in [0.25, 0.3) is 0 Å². The van der Waals surface area contributed by atoms with Gasteiger partial charge in [0.05, 0.1) is 17.7 Å². The van der Waals surface area contributed by atoms with Crippen molar-refractivity contribution in [3.63, 3.8) is 0 Å². The van der Waals surface area contributed by atoms with E-state index < -0.39 is 0 Å². The fraction of sp³-hybridized carbons (Fsp3) is 0.562. The summed E-state index contributed by atoms with van der Waals surface area (Å²) in [6.07, 6.45) is 0.920. The van der Waals surface area contributed by atoms with Gasteiger partial charge in [-0.05, 0) is 38.6 Å². The minimum Gasteiger partial charge on any atom is -0.492 e. The fourth-order valence-electron chi connectivity index (χ4n) is 1.78. The molecule has 0 aliphatic rings. The molecule has 1 rings (SSSR count). The van der Waals surface area contributed by atoms with Gasteiger partial charge >= 0.3 is 0 Å². The predicted octanol–water partition coefficient (Wildman–Crippen LogP) is 2.25. The van der Waals surface area contributed by atoms with Gasteiger partial charge in [0, 0.05) is 19.5 Å². The summed E-state index contributed by atoms with van der Waals surface area (Å²) in [5.74, 6) is 0.869. The Hall–Kier alpha value is -1.17. The first-order chi connectivity index (χ1) is 9.97. The molecule has 0 saturated heterocycles. The van der Waals surface area contributed by atoms with Gasteiger partial charge in [-0.1, -0.05) is 24.4 Å². The van der Waals surface area contributed by atoms with Crippen molar-refractivity contribution in [1.29, 1.82) is 0 Å². The molecule has 0 aromatic heterocycles. The highest BCUT2D eigenvalue weighted by molar-refractivity contribution is 7.80. The van der Waals surface area contributed by atoms with Gasteiger partial charge in [0.1, 0.15) is 12.4 Å². The van der Waals surface area contributed by atoms with Crippen LogP contribution in [0.3, 0.4) is 0 Å². The topological polar surface area (TPSA) is 47.7 Å². The molecule has 0 heterocycles. The summed E-state index contributed by atoms with van der Waals surface area (Å²) in [6, 6.07) is 7.90. The molecule has 1 aromatic rings. The van der Waals surface area contributed by atoms with Crippen LogP contribution in [0.15, 0.2) is 24.3 Å². The molecule has 21 heavy (non-hydrogen) atoms. The Morgan fingerprint density at radius 1 is 1.19 bits per heavy atom. The molecule has 0 atom stereocenters. The molecule has 0 amide bonds. The third-order valence-electron chi connectivity index (χ3n) is 2.97. The zero-order valence-electron chi connectivity index (χ0n) is 13.2. The van der Waals surface area contributed by atoms with Gasteiger partial charge in [0.2, 0.25) is 0 Å². The number of benzene rings is 1. The molecule has 0 saturated carbocycles. The number of nitrogens with zero attached hydrogens (tertiary/aromatic N) is 1. The first-order valence-corrected chi connectivity index (χ1v) is 7.68. The van der Waals surface area contributed by atoms with Gasteiger partial charge in [0.25, 0.3) is 0 Å². The van der Waals surface area contributed by atoms with E-state index in [1.54, 1.807) is 0 Å². The average molecular weight is 310 g/mol. The fourth-order valence-corrected chi connectivity index (χ4v) is 1.95. The second kappa shape index (κ2) is 9.71. The summed E-state index contributed by atoms with van der Waals surface area (Å²) in [6.45, 7) is 7.29. The highest BCUT2D eigenvalue weighted by atomic mass is 32.1. The maximum Gasteiger partial charge on any atom is 0.119 e. The lowest BCUT2D eigenvalue weighted by Crippen LogP contribution is -2.28. The van der Waals surface area contributed by atoms with Gasteiger partial charge < -0.3 is 20.1 Å². The van der Waals surface area contributed by atoms with Gasteiger partial charge in [-0.2, -0.15) is 0 Å². The number of hydrogen-bond donors (Lipinski definition) is 1. The third kappa shape index (κ3) is 8.65. The molecule has 2 N–H and O–H groups in total. The van der Waals surface area contributed by atoms with Crippen molar-refractivity contribution in [2.24, 2.45) is 5.73 Å². The van der Waals surface area contributed by atoms with Crippen LogP contribution in [0.2, 0.25) is 0 Å². The SMILES string of the molecule is CC(C)OCCN(C)CCOc1ccc(CC(N)=S)cc1. The third-order valence-corrected chi connectivity index (χ3v) is 3.11. The summed E-state index contributed by atoms with van der Waals surface area (Å²) in [7, 11) is 2.07. The lowest BCUT2D eigenvalue weighted by molar-refractivity contribution is 0.0616. The van der Waals surface area contributed by atoms with Gasteiger partial charge in [-0.3, -0.25) is 0 Å². The van der Waals surface area contributed by atoms with E-state index in [1.165, 1.54) is 0 Å². The maximum absolute atomic E-state index is 5.72. The Labute approximate surface area is 133 Å².